The van der Waals surface area contributed by atoms with Gasteiger partial charge in [0.25, 0.3) is 0 Å². The van der Waals surface area contributed by atoms with Crippen molar-refractivity contribution in [1.82, 2.24) is 5.32 Å². The summed E-state index contributed by atoms with van der Waals surface area (Å²) in [6.45, 7) is 0. The average Bonchev–Trinajstić information content (AvgIpc) is 1.72. The third-order valence-corrected chi connectivity index (χ3v) is 3.01. The molecule has 2 rings (SSSR count). The van der Waals surface area contributed by atoms with Crippen molar-refractivity contribution < 1.29 is 0 Å². The summed E-state index contributed by atoms with van der Waals surface area (Å²) >= 11 is 5.85. The summed E-state index contributed by atoms with van der Waals surface area (Å²) in [4.78, 5) is 0. The Morgan fingerprint density at radius 3 is 2.20 bits per heavy atom. The van der Waals surface area contributed by atoms with E-state index in [-0.39, 0.29) is 0 Å². The summed E-state index contributed by atoms with van der Waals surface area (Å²) in [7, 11) is 0. The lowest BCUT2D eigenvalue weighted by molar-refractivity contribution is 0.247. The molecule has 2 aliphatic carbocycles. The number of hydrogen-bond acceptors (Lipinski definition) is 1. The molecule has 0 atom stereocenters. The van der Waals surface area contributed by atoms with E-state index >= 15 is 0 Å². The van der Waals surface area contributed by atoms with E-state index < -0.39 is 0 Å². The Morgan fingerprint density at radius 1 is 1.10 bits per heavy atom. The fourth-order valence-corrected chi connectivity index (χ4v) is 2.02. The molecule has 0 spiro atoms. The second-order valence-corrected chi connectivity index (χ2v) is 4.18. The number of alkyl halides is 1. The van der Waals surface area contributed by atoms with Crippen molar-refractivity contribution in [2.24, 2.45) is 0 Å². The first kappa shape index (κ1) is 6.93. The number of hydrogen-bond donors (Lipinski definition) is 1. The van der Waals surface area contributed by atoms with E-state index in [4.69, 9.17) is 11.6 Å². The van der Waals surface area contributed by atoms with Gasteiger partial charge in [-0.3, -0.25) is 0 Å². The Balaban J connectivity index is 1.62. The Labute approximate surface area is 67.1 Å². The van der Waals surface area contributed by atoms with Crippen LogP contribution in [0.3, 0.4) is 0 Å². The molecule has 0 aromatic rings. The first-order valence-electron chi connectivity index (χ1n) is 4.25. The second-order valence-electron chi connectivity index (χ2n) is 3.56. The molecule has 0 amide bonds. The second kappa shape index (κ2) is 2.71. The molecule has 0 aliphatic heterocycles. The van der Waals surface area contributed by atoms with Crippen molar-refractivity contribution in [1.29, 1.82) is 0 Å². The zero-order valence-corrected chi connectivity index (χ0v) is 6.90. The Bertz CT molecular complexity index is 116. The van der Waals surface area contributed by atoms with Crippen LogP contribution in [-0.4, -0.2) is 17.5 Å². The molecule has 2 fully saturated rings. The number of rotatable bonds is 2. The minimum Gasteiger partial charge on any atom is -0.311 e. The average molecular weight is 160 g/mol. The Morgan fingerprint density at radius 2 is 1.80 bits per heavy atom. The summed E-state index contributed by atoms with van der Waals surface area (Å²) in [6.07, 6.45) is 6.59. The Hall–Kier alpha value is 0.250. The van der Waals surface area contributed by atoms with Gasteiger partial charge in [0, 0.05) is 17.5 Å². The normalized spacial score (nSPS) is 40.5. The summed E-state index contributed by atoms with van der Waals surface area (Å²) in [6, 6.07) is 1.60. The van der Waals surface area contributed by atoms with E-state index in [0.717, 1.165) is 12.1 Å². The van der Waals surface area contributed by atoms with Crippen LogP contribution in [0.4, 0.5) is 0 Å². The van der Waals surface area contributed by atoms with Crippen molar-refractivity contribution in [3.8, 4) is 0 Å². The van der Waals surface area contributed by atoms with Gasteiger partial charge in [0.15, 0.2) is 0 Å². The summed E-state index contributed by atoms with van der Waals surface area (Å²) in [5.41, 5.74) is 0. The molecular weight excluding hydrogens is 146 g/mol. The van der Waals surface area contributed by atoms with Gasteiger partial charge in [-0.1, -0.05) is 6.42 Å². The molecule has 0 saturated heterocycles. The van der Waals surface area contributed by atoms with Crippen LogP contribution < -0.4 is 5.32 Å². The molecule has 0 aromatic carbocycles. The maximum Gasteiger partial charge on any atom is 0.0365 e. The third kappa shape index (κ3) is 1.30. The highest BCUT2D eigenvalue weighted by Crippen LogP contribution is 2.28. The smallest absolute Gasteiger partial charge is 0.0365 e. The molecule has 0 radical (unpaired) electrons. The lowest BCUT2D eigenvalue weighted by Gasteiger charge is -2.38. The molecule has 1 nitrogen and oxygen atoms in total. The number of nitrogens with one attached hydrogen (secondary N) is 1. The van der Waals surface area contributed by atoms with Crippen LogP contribution in [0.1, 0.15) is 32.1 Å². The molecule has 1 N–H and O–H groups in total. The van der Waals surface area contributed by atoms with Crippen molar-refractivity contribution >= 4 is 11.6 Å². The molecule has 10 heavy (non-hydrogen) atoms. The van der Waals surface area contributed by atoms with Crippen LogP contribution in [0, 0.1) is 0 Å². The minimum atomic E-state index is 0.470. The van der Waals surface area contributed by atoms with Gasteiger partial charge in [0.05, 0.1) is 0 Å². The van der Waals surface area contributed by atoms with Crippen LogP contribution in [0.15, 0.2) is 0 Å². The monoisotopic (exact) mass is 159 g/mol. The van der Waals surface area contributed by atoms with E-state index in [2.05, 4.69) is 5.32 Å². The molecule has 2 saturated carbocycles. The predicted molar refractivity (Wildman–Crippen MR) is 43.4 cm³/mol. The van der Waals surface area contributed by atoms with Crippen LogP contribution in [0.2, 0.25) is 0 Å². The maximum atomic E-state index is 5.85. The van der Waals surface area contributed by atoms with Crippen LogP contribution in [0.25, 0.3) is 0 Å². The topological polar surface area (TPSA) is 12.0 Å². The fourth-order valence-electron chi connectivity index (χ4n) is 1.59. The lowest BCUT2D eigenvalue weighted by atomic mass is 9.87. The van der Waals surface area contributed by atoms with Crippen molar-refractivity contribution in [3.05, 3.63) is 0 Å². The molecule has 58 valence electrons. The minimum absolute atomic E-state index is 0.470. The van der Waals surface area contributed by atoms with Gasteiger partial charge in [-0.25, -0.2) is 0 Å². The van der Waals surface area contributed by atoms with Crippen molar-refractivity contribution in [3.63, 3.8) is 0 Å². The van der Waals surface area contributed by atoms with Gasteiger partial charge in [0.1, 0.15) is 0 Å². The van der Waals surface area contributed by atoms with Crippen molar-refractivity contribution in [2.75, 3.05) is 0 Å². The fraction of sp³-hybridized carbons (Fsp3) is 1.00. The zero-order chi connectivity index (χ0) is 6.97. The lowest BCUT2D eigenvalue weighted by Crippen LogP contribution is -2.49. The van der Waals surface area contributed by atoms with E-state index in [1.54, 1.807) is 0 Å². The van der Waals surface area contributed by atoms with Gasteiger partial charge < -0.3 is 5.32 Å². The highest BCUT2D eigenvalue weighted by Gasteiger charge is 2.30. The zero-order valence-electron chi connectivity index (χ0n) is 6.15. The largest absolute Gasteiger partial charge is 0.311 e. The first-order valence-corrected chi connectivity index (χ1v) is 4.68. The molecule has 0 heterocycles. The van der Waals surface area contributed by atoms with Crippen molar-refractivity contribution in [2.45, 2.75) is 49.6 Å². The summed E-state index contributed by atoms with van der Waals surface area (Å²) in [5, 5.41) is 4.07. The van der Waals surface area contributed by atoms with E-state index in [9.17, 15) is 0 Å². The van der Waals surface area contributed by atoms with Gasteiger partial charge in [-0.15, -0.1) is 11.6 Å². The van der Waals surface area contributed by atoms with E-state index in [1.807, 2.05) is 0 Å². The molecule has 0 bridgehead atoms. The maximum absolute atomic E-state index is 5.85. The third-order valence-electron chi connectivity index (χ3n) is 2.66. The highest BCUT2D eigenvalue weighted by molar-refractivity contribution is 6.21. The summed E-state index contributed by atoms with van der Waals surface area (Å²) in [5.74, 6) is 0. The Kier molecular flexibility index (Phi) is 1.88. The van der Waals surface area contributed by atoms with Gasteiger partial charge in [-0.2, -0.15) is 0 Å². The quantitative estimate of drug-likeness (QED) is 0.607. The molecule has 2 aliphatic rings. The van der Waals surface area contributed by atoms with Crippen LogP contribution in [-0.2, 0) is 0 Å². The molecule has 2 heteroatoms. The van der Waals surface area contributed by atoms with Gasteiger partial charge in [-0.05, 0) is 25.7 Å². The van der Waals surface area contributed by atoms with Gasteiger partial charge in [0.2, 0.25) is 0 Å². The predicted octanol–water partition coefficient (Wildman–Crippen LogP) is 1.90. The SMILES string of the molecule is ClC1CC(NC2CCC2)C1. The highest BCUT2D eigenvalue weighted by atomic mass is 35.5. The van der Waals surface area contributed by atoms with E-state index in [1.165, 1.54) is 32.1 Å². The molecule has 0 unspecified atom stereocenters. The van der Waals surface area contributed by atoms with Crippen LogP contribution >= 0.6 is 11.6 Å². The number of halogens is 1. The van der Waals surface area contributed by atoms with Gasteiger partial charge >= 0.3 is 0 Å². The van der Waals surface area contributed by atoms with E-state index in [0.29, 0.717) is 5.38 Å². The van der Waals surface area contributed by atoms with Crippen LogP contribution in [0.5, 0.6) is 0 Å². The molecule has 0 aromatic heterocycles. The summed E-state index contributed by atoms with van der Waals surface area (Å²) < 4.78 is 0. The standard InChI is InChI=1S/C8H14ClN/c9-6-4-8(5-6)10-7-2-1-3-7/h6-8,10H,1-5H2. The molecular formula is C8H14ClN. The first-order chi connectivity index (χ1) is 4.84.